The van der Waals surface area contributed by atoms with Crippen LogP contribution < -0.4 is 10.1 Å². The Morgan fingerprint density at radius 1 is 1.18 bits per heavy atom. The molecule has 2 N–H and O–H groups in total. The standard InChI is InChI=1S/C24H31Cl2N3O5/c1-24(2,33-3)20-19(21(30)27-14-15-4-6-16(7-5-15)22(31)32)29(23(26)28-20)12-13-34-18-10-8-17(25)9-11-18/h8-11,15-16H,4-7,12-14H2,1-3H3,(H,27,30)(H,31,32). The smallest absolute Gasteiger partial charge is 0.306 e. The Bertz CT molecular complexity index is 999. The molecule has 0 spiro atoms. The largest absolute Gasteiger partial charge is 0.492 e. The van der Waals surface area contributed by atoms with Crippen molar-refractivity contribution < 1.29 is 24.2 Å². The van der Waals surface area contributed by atoms with Crippen molar-refractivity contribution in [2.75, 3.05) is 20.3 Å². The van der Waals surface area contributed by atoms with E-state index < -0.39 is 11.6 Å². The van der Waals surface area contributed by atoms with Gasteiger partial charge in [-0.25, -0.2) is 4.98 Å². The number of nitrogens with zero attached hydrogens (tertiary/aromatic N) is 2. The van der Waals surface area contributed by atoms with Crippen LogP contribution in [-0.4, -0.2) is 46.8 Å². The minimum Gasteiger partial charge on any atom is -0.492 e. The SMILES string of the molecule is COC(C)(C)c1nc(Cl)n(CCOc2ccc(Cl)cc2)c1C(=O)NCC1CCC(C(=O)O)CC1. The first-order chi connectivity index (χ1) is 16.1. The number of imidazole rings is 1. The Kier molecular flexibility index (Phi) is 8.84. The fourth-order valence-corrected chi connectivity index (χ4v) is 4.48. The van der Waals surface area contributed by atoms with Gasteiger partial charge < -0.3 is 24.5 Å². The van der Waals surface area contributed by atoms with E-state index in [9.17, 15) is 14.7 Å². The summed E-state index contributed by atoms with van der Waals surface area (Å²) in [7, 11) is 1.55. The topological polar surface area (TPSA) is 103 Å². The van der Waals surface area contributed by atoms with E-state index in [4.69, 9.17) is 32.7 Å². The number of nitrogens with one attached hydrogen (secondary N) is 1. The third-order valence-electron chi connectivity index (χ3n) is 6.36. The molecule has 0 bridgehead atoms. The zero-order valence-electron chi connectivity index (χ0n) is 19.6. The number of hydrogen-bond donors (Lipinski definition) is 2. The number of amides is 1. The maximum absolute atomic E-state index is 13.3. The van der Waals surface area contributed by atoms with Crippen LogP contribution in [0.4, 0.5) is 0 Å². The minimum atomic E-state index is -0.835. The van der Waals surface area contributed by atoms with Gasteiger partial charge in [-0.1, -0.05) is 11.6 Å². The molecule has 0 atom stereocenters. The van der Waals surface area contributed by atoms with Crippen molar-refractivity contribution in [3.63, 3.8) is 0 Å². The molecule has 1 aromatic carbocycles. The van der Waals surface area contributed by atoms with Crippen LogP contribution in [0, 0.1) is 11.8 Å². The second-order valence-corrected chi connectivity index (χ2v) is 9.79. The number of aromatic nitrogens is 2. The van der Waals surface area contributed by atoms with Crippen LogP contribution in [0.5, 0.6) is 5.75 Å². The van der Waals surface area contributed by atoms with Crippen LogP contribution in [-0.2, 0) is 21.7 Å². The number of carbonyl (C=O) groups is 2. The van der Waals surface area contributed by atoms with Crippen molar-refractivity contribution in [3.05, 3.63) is 46.0 Å². The van der Waals surface area contributed by atoms with Crippen molar-refractivity contribution in [3.8, 4) is 5.75 Å². The summed E-state index contributed by atoms with van der Waals surface area (Å²) in [5.41, 5.74) is -0.0626. The predicted octanol–water partition coefficient (Wildman–Crippen LogP) is 4.77. The lowest BCUT2D eigenvalue weighted by Crippen LogP contribution is -2.35. The molecule has 34 heavy (non-hydrogen) atoms. The number of halogens is 2. The van der Waals surface area contributed by atoms with Crippen molar-refractivity contribution in [2.45, 2.75) is 51.7 Å². The average Bonchev–Trinajstić information content (AvgIpc) is 3.16. The van der Waals surface area contributed by atoms with Gasteiger partial charge in [0, 0.05) is 18.7 Å². The molecule has 186 valence electrons. The van der Waals surface area contributed by atoms with Gasteiger partial charge in [-0.3, -0.25) is 9.59 Å². The Balaban J connectivity index is 1.72. The van der Waals surface area contributed by atoms with E-state index in [1.54, 1.807) is 35.9 Å². The molecular formula is C24H31Cl2N3O5. The molecule has 1 aliphatic carbocycles. The number of carbonyl (C=O) groups excluding carboxylic acids is 1. The fraction of sp³-hybridized carbons (Fsp3) is 0.542. The fourth-order valence-electron chi connectivity index (χ4n) is 4.10. The number of carboxylic acids is 1. The van der Waals surface area contributed by atoms with E-state index in [0.29, 0.717) is 48.1 Å². The lowest BCUT2D eigenvalue weighted by atomic mass is 9.82. The highest BCUT2D eigenvalue weighted by Gasteiger charge is 2.33. The maximum atomic E-state index is 13.3. The summed E-state index contributed by atoms with van der Waals surface area (Å²) in [5.74, 6) is -0.443. The third kappa shape index (κ3) is 6.43. The molecule has 0 aliphatic heterocycles. The van der Waals surface area contributed by atoms with E-state index in [1.165, 1.54) is 0 Å². The van der Waals surface area contributed by atoms with E-state index >= 15 is 0 Å². The molecule has 0 radical (unpaired) electrons. The summed E-state index contributed by atoms with van der Waals surface area (Å²) in [6.07, 6.45) is 2.79. The molecular weight excluding hydrogens is 481 g/mol. The highest BCUT2D eigenvalue weighted by molar-refractivity contribution is 6.30. The van der Waals surface area contributed by atoms with Crippen molar-refractivity contribution in [1.82, 2.24) is 14.9 Å². The van der Waals surface area contributed by atoms with Gasteiger partial charge in [-0.2, -0.15) is 0 Å². The number of hydrogen-bond acceptors (Lipinski definition) is 5. The lowest BCUT2D eigenvalue weighted by molar-refractivity contribution is -0.143. The molecule has 1 saturated carbocycles. The molecule has 0 saturated heterocycles. The minimum absolute atomic E-state index is 0.173. The van der Waals surface area contributed by atoms with Gasteiger partial charge in [0.25, 0.3) is 5.91 Å². The van der Waals surface area contributed by atoms with Gasteiger partial charge >= 0.3 is 5.97 Å². The average molecular weight is 512 g/mol. The summed E-state index contributed by atoms with van der Waals surface area (Å²) in [4.78, 5) is 28.9. The lowest BCUT2D eigenvalue weighted by Gasteiger charge is -2.26. The van der Waals surface area contributed by atoms with Crippen LogP contribution in [0.2, 0.25) is 10.3 Å². The number of rotatable bonds is 10. The normalized spacial score (nSPS) is 18.5. The zero-order chi connectivity index (χ0) is 24.9. The Hall–Kier alpha value is -2.29. The molecule has 2 aromatic rings. The van der Waals surface area contributed by atoms with E-state index in [1.807, 2.05) is 13.8 Å². The van der Waals surface area contributed by atoms with Gasteiger partial charge in [-0.15, -0.1) is 0 Å². The number of methoxy groups -OCH3 is 1. The summed E-state index contributed by atoms with van der Waals surface area (Å²) in [6.45, 7) is 4.68. The summed E-state index contributed by atoms with van der Waals surface area (Å²) < 4.78 is 13.0. The molecule has 10 heteroatoms. The molecule has 3 rings (SSSR count). The van der Waals surface area contributed by atoms with Crippen molar-refractivity contribution in [2.24, 2.45) is 11.8 Å². The third-order valence-corrected chi connectivity index (χ3v) is 6.90. The Labute approximate surface area is 209 Å². The zero-order valence-corrected chi connectivity index (χ0v) is 21.2. The van der Waals surface area contributed by atoms with E-state index in [-0.39, 0.29) is 29.6 Å². The quantitative estimate of drug-likeness (QED) is 0.476. The van der Waals surface area contributed by atoms with Crippen LogP contribution >= 0.6 is 23.2 Å². The monoisotopic (exact) mass is 511 g/mol. The number of benzene rings is 1. The molecule has 0 unspecified atom stereocenters. The maximum Gasteiger partial charge on any atom is 0.306 e. The first-order valence-corrected chi connectivity index (χ1v) is 12.1. The van der Waals surface area contributed by atoms with Gasteiger partial charge in [0.2, 0.25) is 5.28 Å². The van der Waals surface area contributed by atoms with Crippen molar-refractivity contribution in [1.29, 1.82) is 0 Å². The summed E-state index contributed by atoms with van der Waals surface area (Å²) >= 11 is 12.4. The Morgan fingerprint density at radius 3 is 2.41 bits per heavy atom. The van der Waals surface area contributed by atoms with Crippen LogP contribution in [0.1, 0.15) is 55.7 Å². The number of carboxylic acid groups (broad SMARTS) is 1. The van der Waals surface area contributed by atoms with Crippen LogP contribution in [0.25, 0.3) is 0 Å². The second kappa shape index (κ2) is 11.4. The van der Waals surface area contributed by atoms with Gasteiger partial charge in [0.05, 0.1) is 12.5 Å². The first-order valence-electron chi connectivity index (χ1n) is 11.3. The van der Waals surface area contributed by atoms with Gasteiger partial charge in [0.15, 0.2) is 0 Å². The molecule has 8 nitrogen and oxygen atoms in total. The summed E-state index contributed by atoms with van der Waals surface area (Å²) in [6, 6.07) is 7.01. The van der Waals surface area contributed by atoms with Gasteiger partial charge in [-0.05, 0) is 81.3 Å². The second-order valence-electron chi connectivity index (χ2n) is 9.01. The predicted molar refractivity (Wildman–Crippen MR) is 130 cm³/mol. The van der Waals surface area contributed by atoms with Crippen LogP contribution in [0.15, 0.2) is 24.3 Å². The molecule has 1 heterocycles. The van der Waals surface area contributed by atoms with E-state index in [0.717, 1.165) is 12.8 Å². The number of aliphatic carboxylic acids is 1. The van der Waals surface area contributed by atoms with Gasteiger partial charge in [0.1, 0.15) is 29.3 Å². The first kappa shape index (κ1) is 26.3. The highest BCUT2D eigenvalue weighted by atomic mass is 35.5. The Morgan fingerprint density at radius 2 is 1.82 bits per heavy atom. The van der Waals surface area contributed by atoms with E-state index in [2.05, 4.69) is 10.3 Å². The van der Waals surface area contributed by atoms with Crippen molar-refractivity contribution >= 4 is 35.1 Å². The molecule has 1 amide bonds. The summed E-state index contributed by atoms with van der Waals surface area (Å²) in [5, 5.41) is 13.0. The van der Waals surface area contributed by atoms with Crippen LogP contribution in [0.3, 0.4) is 0 Å². The molecule has 1 aliphatic rings. The highest BCUT2D eigenvalue weighted by Crippen LogP contribution is 2.31. The molecule has 1 aromatic heterocycles. The number of ether oxygens (including phenoxy) is 2. The molecule has 1 fully saturated rings.